The lowest BCUT2D eigenvalue weighted by atomic mass is 9.94. The number of hydrogen-bond donors (Lipinski definition) is 2. The van der Waals surface area contributed by atoms with Crippen molar-refractivity contribution in [3.63, 3.8) is 0 Å². The van der Waals surface area contributed by atoms with Crippen LogP contribution in [0.15, 0.2) is 24.3 Å². The smallest absolute Gasteiger partial charge is 0.354 e. The Morgan fingerprint density at radius 3 is 2.52 bits per heavy atom. The van der Waals surface area contributed by atoms with E-state index in [0.29, 0.717) is 25.1 Å². The number of nitrogens with one attached hydrogen (secondary N) is 2. The largest absolute Gasteiger partial charge is 0.416 e. The Kier molecular flexibility index (Phi) is 6.68. The van der Waals surface area contributed by atoms with Gasteiger partial charge in [0.1, 0.15) is 0 Å². The van der Waals surface area contributed by atoms with Gasteiger partial charge in [-0.15, -0.1) is 0 Å². The minimum absolute atomic E-state index is 0.241. The van der Waals surface area contributed by atoms with E-state index in [4.69, 9.17) is 0 Å². The van der Waals surface area contributed by atoms with Crippen molar-refractivity contribution in [1.29, 1.82) is 0 Å². The first kappa shape index (κ1) is 17.5. The van der Waals surface area contributed by atoms with Crippen molar-refractivity contribution >= 4 is 5.91 Å². The summed E-state index contributed by atoms with van der Waals surface area (Å²) in [5.74, 6) is -0.802. The van der Waals surface area contributed by atoms with Crippen LogP contribution in [-0.2, 0) is 11.0 Å². The van der Waals surface area contributed by atoms with Gasteiger partial charge in [0.2, 0.25) is 5.91 Å². The molecule has 0 heterocycles. The predicted molar refractivity (Wildman–Crippen MR) is 76.0 cm³/mol. The molecule has 0 radical (unpaired) electrons. The fourth-order valence-electron chi connectivity index (χ4n) is 2.08. The standard InChI is InChI=1S/C15H21F3N2O/c1-3-13(14(21)20-9-8-19-4-2)11-6-5-7-12(10-11)15(16,17)18/h5-7,10,13,19H,3-4,8-9H2,1-2H3,(H,20,21). The van der Waals surface area contributed by atoms with Gasteiger partial charge < -0.3 is 10.6 Å². The summed E-state index contributed by atoms with van der Waals surface area (Å²) < 4.78 is 38.1. The van der Waals surface area contributed by atoms with Crippen molar-refractivity contribution < 1.29 is 18.0 Å². The zero-order valence-electron chi connectivity index (χ0n) is 12.3. The van der Waals surface area contributed by atoms with Crippen molar-refractivity contribution in [2.75, 3.05) is 19.6 Å². The number of amides is 1. The fraction of sp³-hybridized carbons (Fsp3) is 0.533. The van der Waals surface area contributed by atoms with E-state index in [1.165, 1.54) is 6.07 Å². The van der Waals surface area contributed by atoms with Crippen molar-refractivity contribution in [1.82, 2.24) is 10.6 Å². The van der Waals surface area contributed by atoms with Crippen LogP contribution < -0.4 is 10.6 Å². The number of alkyl halides is 3. The second-order valence-corrected chi connectivity index (χ2v) is 4.73. The SMILES string of the molecule is CCNCCNC(=O)C(CC)c1cccc(C(F)(F)F)c1. The number of hydrogen-bond acceptors (Lipinski definition) is 2. The van der Waals surface area contributed by atoms with E-state index in [1.807, 2.05) is 6.92 Å². The Bertz CT molecular complexity index is 460. The molecule has 0 spiro atoms. The summed E-state index contributed by atoms with van der Waals surface area (Å²) in [4.78, 5) is 12.1. The van der Waals surface area contributed by atoms with Crippen molar-refractivity contribution in [3.8, 4) is 0 Å². The minimum atomic E-state index is -4.39. The lowest BCUT2D eigenvalue weighted by molar-refractivity contribution is -0.137. The van der Waals surface area contributed by atoms with Crippen molar-refractivity contribution in [2.24, 2.45) is 0 Å². The highest BCUT2D eigenvalue weighted by atomic mass is 19.4. The number of carbonyl (C=O) groups is 1. The van der Waals surface area contributed by atoms with E-state index in [2.05, 4.69) is 10.6 Å². The molecule has 1 aromatic rings. The fourth-order valence-corrected chi connectivity index (χ4v) is 2.08. The van der Waals surface area contributed by atoms with Gasteiger partial charge in [-0.2, -0.15) is 13.2 Å². The van der Waals surface area contributed by atoms with Gasteiger partial charge in [0.05, 0.1) is 11.5 Å². The average molecular weight is 302 g/mol. The summed E-state index contributed by atoms with van der Waals surface area (Å²) in [6.07, 6.45) is -3.94. The molecule has 0 fully saturated rings. The van der Waals surface area contributed by atoms with Gasteiger partial charge in [0.25, 0.3) is 0 Å². The molecule has 1 rings (SSSR count). The van der Waals surface area contributed by atoms with E-state index in [-0.39, 0.29) is 5.91 Å². The lowest BCUT2D eigenvalue weighted by Crippen LogP contribution is -2.35. The molecule has 0 bridgehead atoms. The van der Waals surface area contributed by atoms with Crippen LogP contribution in [0.1, 0.15) is 37.3 Å². The molecule has 0 aliphatic heterocycles. The number of carbonyl (C=O) groups excluding carboxylic acids is 1. The molecule has 1 atom stereocenters. The zero-order valence-corrected chi connectivity index (χ0v) is 12.3. The Morgan fingerprint density at radius 2 is 1.95 bits per heavy atom. The maximum atomic E-state index is 12.7. The van der Waals surface area contributed by atoms with Crippen LogP contribution in [0, 0.1) is 0 Å². The molecule has 0 aliphatic rings. The highest BCUT2D eigenvalue weighted by Gasteiger charge is 2.31. The van der Waals surface area contributed by atoms with Crippen LogP contribution in [0.4, 0.5) is 13.2 Å². The Balaban J connectivity index is 2.78. The quantitative estimate of drug-likeness (QED) is 0.760. The van der Waals surface area contributed by atoms with Crippen molar-refractivity contribution in [2.45, 2.75) is 32.4 Å². The summed E-state index contributed by atoms with van der Waals surface area (Å²) in [5.41, 5.74) is -0.327. The summed E-state index contributed by atoms with van der Waals surface area (Å²) in [6.45, 7) is 5.65. The molecule has 0 aromatic heterocycles. The molecular formula is C15H21F3N2O. The van der Waals surface area contributed by atoms with Crippen LogP contribution in [0.5, 0.6) is 0 Å². The maximum absolute atomic E-state index is 12.7. The molecule has 1 amide bonds. The lowest BCUT2D eigenvalue weighted by Gasteiger charge is -2.17. The molecule has 0 saturated carbocycles. The monoisotopic (exact) mass is 302 g/mol. The van der Waals surface area contributed by atoms with E-state index < -0.39 is 17.7 Å². The van der Waals surface area contributed by atoms with Crippen molar-refractivity contribution in [3.05, 3.63) is 35.4 Å². The van der Waals surface area contributed by atoms with E-state index >= 15 is 0 Å². The van der Waals surface area contributed by atoms with Crippen LogP contribution >= 0.6 is 0 Å². The van der Waals surface area contributed by atoms with E-state index in [9.17, 15) is 18.0 Å². The molecule has 3 nitrogen and oxygen atoms in total. The Morgan fingerprint density at radius 1 is 1.24 bits per heavy atom. The Hall–Kier alpha value is -1.56. The second-order valence-electron chi connectivity index (χ2n) is 4.73. The molecule has 0 saturated heterocycles. The zero-order chi connectivity index (χ0) is 15.9. The molecule has 1 unspecified atom stereocenters. The normalized spacial score (nSPS) is 13.0. The first-order valence-corrected chi connectivity index (χ1v) is 7.05. The number of halogens is 3. The van der Waals surface area contributed by atoms with E-state index in [1.54, 1.807) is 13.0 Å². The highest BCUT2D eigenvalue weighted by molar-refractivity contribution is 5.83. The third kappa shape index (κ3) is 5.38. The van der Waals surface area contributed by atoms with Gasteiger partial charge in [-0.3, -0.25) is 4.79 Å². The minimum Gasteiger partial charge on any atom is -0.354 e. The van der Waals surface area contributed by atoms with Gasteiger partial charge in [-0.1, -0.05) is 32.0 Å². The highest BCUT2D eigenvalue weighted by Crippen LogP contribution is 2.31. The third-order valence-corrected chi connectivity index (χ3v) is 3.19. The first-order valence-electron chi connectivity index (χ1n) is 7.05. The molecule has 0 aliphatic carbocycles. The molecule has 118 valence electrons. The van der Waals surface area contributed by atoms with Crippen LogP contribution in [0.3, 0.4) is 0 Å². The second kappa shape index (κ2) is 8.02. The maximum Gasteiger partial charge on any atom is 0.416 e. The summed E-state index contributed by atoms with van der Waals surface area (Å²) in [5, 5.41) is 5.81. The first-order chi connectivity index (χ1) is 9.90. The molecular weight excluding hydrogens is 281 g/mol. The van der Waals surface area contributed by atoms with Gasteiger partial charge in [0, 0.05) is 13.1 Å². The number of rotatable bonds is 7. The van der Waals surface area contributed by atoms with E-state index in [0.717, 1.165) is 18.7 Å². The molecule has 1 aromatic carbocycles. The average Bonchev–Trinajstić information content (AvgIpc) is 2.44. The third-order valence-electron chi connectivity index (χ3n) is 3.19. The van der Waals surface area contributed by atoms with Gasteiger partial charge in [0.15, 0.2) is 0 Å². The Labute approximate surface area is 122 Å². The molecule has 2 N–H and O–H groups in total. The van der Waals surface area contributed by atoms with Gasteiger partial charge in [-0.05, 0) is 24.6 Å². The molecule has 6 heteroatoms. The van der Waals surface area contributed by atoms with Crippen LogP contribution in [0.2, 0.25) is 0 Å². The van der Waals surface area contributed by atoms with Crippen LogP contribution in [-0.4, -0.2) is 25.5 Å². The van der Waals surface area contributed by atoms with Gasteiger partial charge in [-0.25, -0.2) is 0 Å². The van der Waals surface area contributed by atoms with Crippen LogP contribution in [0.25, 0.3) is 0 Å². The summed E-state index contributed by atoms with van der Waals surface area (Å²) >= 11 is 0. The predicted octanol–water partition coefficient (Wildman–Crippen LogP) is 2.92. The summed E-state index contributed by atoms with van der Waals surface area (Å²) in [6, 6.07) is 4.97. The molecule has 21 heavy (non-hydrogen) atoms. The topological polar surface area (TPSA) is 41.1 Å². The van der Waals surface area contributed by atoms with Gasteiger partial charge >= 0.3 is 6.18 Å². The summed E-state index contributed by atoms with van der Waals surface area (Å²) in [7, 11) is 0. The number of likely N-dealkylation sites (N-methyl/N-ethyl adjacent to an activating group) is 1. The number of benzene rings is 1.